The highest BCUT2D eigenvalue weighted by molar-refractivity contribution is 7.99. The maximum atomic E-state index is 12.8. The Morgan fingerprint density at radius 2 is 1.88 bits per heavy atom. The van der Waals surface area contributed by atoms with E-state index in [0.29, 0.717) is 5.92 Å². The fourth-order valence-corrected chi connectivity index (χ4v) is 5.91. The summed E-state index contributed by atoms with van der Waals surface area (Å²) in [6, 6.07) is 5.77. The maximum Gasteiger partial charge on any atom is 0.416 e. The molecule has 2 aromatic heterocycles. The summed E-state index contributed by atoms with van der Waals surface area (Å²) in [4.78, 5) is 11.2. The van der Waals surface area contributed by atoms with E-state index in [1.165, 1.54) is 12.1 Å². The Morgan fingerprint density at radius 3 is 2.62 bits per heavy atom. The van der Waals surface area contributed by atoms with Crippen LogP contribution in [0.2, 0.25) is 0 Å². The zero-order chi connectivity index (χ0) is 23.9. The van der Waals surface area contributed by atoms with Crippen LogP contribution in [-0.2, 0) is 13.2 Å². The lowest BCUT2D eigenvalue weighted by molar-refractivity contribution is -0.137. The summed E-state index contributed by atoms with van der Waals surface area (Å²) in [5, 5.41) is 9.49. The van der Waals surface area contributed by atoms with Gasteiger partial charge in [-0.05, 0) is 68.3 Å². The number of hydrogen-bond acceptors (Lipinski definition) is 6. The summed E-state index contributed by atoms with van der Waals surface area (Å²) < 4.78 is 40.5. The van der Waals surface area contributed by atoms with E-state index >= 15 is 0 Å². The summed E-state index contributed by atoms with van der Waals surface area (Å²) in [6.07, 6.45) is 2.29. The molecule has 3 heterocycles. The van der Waals surface area contributed by atoms with Crippen LogP contribution in [0.5, 0.6) is 0 Å². The van der Waals surface area contributed by atoms with Gasteiger partial charge in [-0.15, -0.1) is 10.2 Å². The Labute approximate surface area is 201 Å². The highest BCUT2D eigenvalue weighted by Gasteiger charge is 2.57. The van der Waals surface area contributed by atoms with Crippen molar-refractivity contribution >= 4 is 11.8 Å². The van der Waals surface area contributed by atoms with Crippen LogP contribution >= 0.6 is 11.8 Å². The van der Waals surface area contributed by atoms with Gasteiger partial charge < -0.3 is 9.47 Å². The number of nitrogens with zero attached hydrogens (tertiary/aromatic N) is 6. The van der Waals surface area contributed by atoms with E-state index in [1.54, 1.807) is 36.3 Å². The summed E-state index contributed by atoms with van der Waals surface area (Å²) in [7, 11) is 1.95. The van der Waals surface area contributed by atoms with Crippen LogP contribution in [0.3, 0.4) is 0 Å². The van der Waals surface area contributed by atoms with Gasteiger partial charge in [0, 0.05) is 31.7 Å². The molecule has 5 rings (SSSR count). The van der Waals surface area contributed by atoms with Crippen molar-refractivity contribution in [1.29, 1.82) is 0 Å². The van der Waals surface area contributed by atoms with Gasteiger partial charge in [0.05, 0.1) is 11.3 Å². The first-order valence-electron chi connectivity index (χ1n) is 11.5. The molecular weight excluding hydrogens is 461 g/mol. The molecule has 0 radical (unpaired) electrons. The minimum Gasteiger partial charge on any atom is -0.304 e. The number of aromatic nitrogens is 5. The van der Waals surface area contributed by atoms with Gasteiger partial charge >= 0.3 is 6.18 Å². The van der Waals surface area contributed by atoms with Crippen molar-refractivity contribution in [2.24, 2.45) is 12.5 Å². The van der Waals surface area contributed by atoms with Crippen molar-refractivity contribution in [2.45, 2.75) is 43.4 Å². The molecule has 1 spiro atoms. The number of thioether (sulfide) groups is 1. The molecule has 1 aliphatic heterocycles. The smallest absolute Gasteiger partial charge is 0.304 e. The topological polar surface area (TPSA) is 59.7 Å². The summed E-state index contributed by atoms with van der Waals surface area (Å²) in [5.41, 5.74) is 2.30. The maximum absolute atomic E-state index is 12.8. The largest absolute Gasteiger partial charge is 0.416 e. The lowest BCUT2D eigenvalue weighted by atomic mass is 9.97. The first-order valence-corrected chi connectivity index (χ1v) is 12.5. The predicted molar refractivity (Wildman–Crippen MR) is 124 cm³/mol. The van der Waals surface area contributed by atoms with Gasteiger partial charge in [0.2, 0.25) is 0 Å². The number of rotatable bonds is 7. The lowest BCUT2D eigenvalue weighted by Crippen LogP contribution is -2.23. The van der Waals surface area contributed by atoms with Gasteiger partial charge in [-0.25, -0.2) is 4.98 Å². The summed E-state index contributed by atoms with van der Waals surface area (Å²) in [5.74, 6) is 2.05. The molecule has 3 aromatic rings. The molecular formula is C24H27F3N6S. The van der Waals surface area contributed by atoms with Gasteiger partial charge in [-0.3, -0.25) is 4.98 Å². The predicted octanol–water partition coefficient (Wildman–Crippen LogP) is 4.96. The van der Waals surface area contributed by atoms with Crippen LogP contribution in [-0.4, -0.2) is 55.0 Å². The van der Waals surface area contributed by atoms with E-state index in [2.05, 4.69) is 25.1 Å². The molecule has 1 aromatic carbocycles. The van der Waals surface area contributed by atoms with Crippen LogP contribution < -0.4 is 0 Å². The number of halogens is 3. The zero-order valence-corrected chi connectivity index (χ0v) is 20.0. The number of likely N-dealkylation sites (tertiary alicyclic amines) is 1. The molecule has 0 N–H and O–H groups in total. The Balaban J connectivity index is 1.09. The van der Waals surface area contributed by atoms with Crippen molar-refractivity contribution in [3.8, 4) is 11.5 Å². The average Bonchev–Trinajstić information content (AvgIpc) is 3.16. The Bertz CT molecular complexity index is 1160. The third kappa shape index (κ3) is 4.57. The van der Waals surface area contributed by atoms with Crippen molar-refractivity contribution < 1.29 is 13.2 Å². The average molecular weight is 489 g/mol. The van der Waals surface area contributed by atoms with Crippen LogP contribution in [0.1, 0.15) is 42.0 Å². The van der Waals surface area contributed by atoms with Crippen molar-refractivity contribution in [3.05, 3.63) is 53.5 Å². The molecule has 1 saturated heterocycles. The molecule has 6 nitrogen and oxygen atoms in total. The first-order chi connectivity index (χ1) is 16.3. The van der Waals surface area contributed by atoms with E-state index in [0.717, 1.165) is 72.6 Å². The van der Waals surface area contributed by atoms with Crippen molar-refractivity contribution in [2.75, 3.05) is 25.4 Å². The SMILES string of the molecule is Cc1nccnc1-c1nnc(SCCCN2CC[C@@]3(C[C@H]3c3ccc(C(F)(F)F)cc3)C2)n1C. The second kappa shape index (κ2) is 8.96. The van der Waals surface area contributed by atoms with Crippen molar-refractivity contribution in [1.82, 2.24) is 29.6 Å². The van der Waals surface area contributed by atoms with Crippen LogP contribution in [0.15, 0.2) is 41.8 Å². The van der Waals surface area contributed by atoms with E-state index < -0.39 is 11.7 Å². The number of benzene rings is 1. The molecule has 2 fully saturated rings. The fraction of sp³-hybridized carbons (Fsp3) is 0.500. The van der Waals surface area contributed by atoms with E-state index in [-0.39, 0.29) is 5.41 Å². The standard InChI is InChI=1S/C24H27F3N6S/c1-16-20(29-10-9-28-16)21-30-31-22(32(21)2)34-13-3-11-33-12-8-23(15-33)14-19(23)17-4-6-18(7-5-17)24(25,26)27/h4-7,9-10,19H,3,8,11-15H2,1-2H3/t19-,23+/m0/s1. The molecule has 0 unspecified atom stereocenters. The lowest BCUT2D eigenvalue weighted by Gasteiger charge is -2.16. The normalized spacial score (nSPS) is 22.6. The minimum absolute atomic E-state index is 0.250. The Kier molecular flexibility index (Phi) is 6.14. The van der Waals surface area contributed by atoms with Crippen LogP contribution in [0.4, 0.5) is 13.2 Å². The molecule has 2 aliphatic rings. The van der Waals surface area contributed by atoms with E-state index in [9.17, 15) is 13.2 Å². The fourth-order valence-electron chi connectivity index (χ4n) is 5.08. The van der Waals surface area contributed by atoms with Gasteiger partial charge in [-0.1, -0.05) is 23.9 Å². The van der Waals surface area contributed by atoms with Crippen LogP contribution in [0.25, 0.3) is 11.5 Å². The molecule has 0 bridgehead atoms. The Hall–Kier alpha value is -2.46. The summed E-state index contributed by atoms with van der Waals surface area (Å²) >= 11 is 1.69. The number of aryl methyl sites for hydroxylation is 1. The van der Waals surface area contributed by atoms with Gasteiger partial charge in [0.15, 0.2) is 11.0 Å². The highest BCUT2D eigenvalue weighted by atomic mass is 32.2. The third-order valence-corrected chi connectivity index (χ3v) is 8.18. The second-order valence-corrected chi connectivity index (χ2v) is 10.4. The van der Waals surface area contributed by atoms with E-state index in [4.69, 9.17) is 0 Å². The van der Waals surface area contributed by atoms with Gasteiger partial charge in [0.1, 0.15) is 5.69 Å². The van der Waals surface area contributed by atoms with E-state index in [1.807, 2.05) is 18.5 Å². The second-order valence-electron chi connectivity index (χ2n) is 9.32. The zero-order valence-electron chi connectivity index (χ0n) is 19.2. The molecule has 2 atom stereocenters. The quantitative estimate of drug-likeness (QED) is 0.346. The molecule has 1 saturated carbocycles. The summed E-state index contributed by atoms with van der Waals surface area (Å²) in [6.45, 7) is 5.02. The monoisotopic (exact) mass is 488 g/mol. The molecule has 10 heteroatoms. The minimum atomic E-state index is -4.27. The number of alkyl halides is 3. The van der Waals surface area contributed by atoms with Gasteiger partial charge in [-0.2, -0.15) is 13.2 Å². The molecule has 0 amide bonds. The first kappa shape index (κ1) is 23.3. The highest BCUT2D eigenvalue weighted by Crippen LogP contribution is 2.64. The number of hydrogen-bond donors (Lipinski definition) is 0. The van der Waals surface area contributed by atoms with Crippen molar-refractivity contribution in [3.63, 3.8) is 0 Å². The van der Waals surface area contributed by atoms with Crippen LogP contribution in [0, 0.1) is 12.3 Å². The third-order valence-electron chi connectivity index (χ3n) is 7.07. The van der Waals surface area contributed by atoms with Gasteiger partial charge in [0.25, 0.3) is 0 Å². The molecule has 34 heavy (non-hydrogen) atoms. The molecule has 1 aliphatic carbocycles. The Morgan fingerprint density at radius 1 is 1.12 bits per heavy atom. The molecule has 180 valence electrons.